The molecule has 3 rings (SSSR count). The number of hydrogen-bond donors (Lipinski definition) is 1. The number of fused-ring (bicyclic) bond motifs is 1. The van der Waals surface area contributed by atoms with Crippen molar-refractivity contribution in [2.24, 2.45) is 0 Å². The Bertz CT molecular complexity index is 669. The maximum Gasteiger partial charge on any atom is 0.417 e. The van der Waals surface area contributed by atoms with Gasteiger partial charge in [-0.1, -0.05) is 0 Å². The molecule has 2 aromatic rings. The Kier molecular flexibility index (Phi) is 3.12. The minimum atomic E-state index is -4.42. The topological polar surface area (TPSA) is 57.4 Å². The van der Waals surface area contributed by atoms with E-state index in [9.17, 15) is 13.2 Å². The van der Waals surface area contributed by atoms with Crippen LogP contribution in [0.15, 0.2) is 30.5 Å². The van der Waals surface area contributed by atoms with Crippen molar-refractivity contribution < 1.29 is 22.6 Å². The van der Waals surface area contributed by atoms with E-state index in [0.29, 0.717) is 23.8 Å². The van der Waals surface area contributed by atoms with Gasteiger partial charge in [-0.2, -0.15) is 13.2 Å². The van der Waals surface area contributed by atoms with Crippen molar-refractivity contribution in [3.8, 4) is 17.4 Å². The van der Waals surface area contributed by atoms with E-state index in [2.05, 4.69) is 4.98 Å². The molecule has 2 N–H and O–H groups in total. The largest absolute Gasteiger partial charge is 0.491 e. The highest BCUT2D eigenvalue weighted by Gasteiger charge is 2.30. The van der Waals surface area contributed by atoms with Crippen molar-refractivity contribution in [1.82, 2.24) is 4.98 Å². The summed E-state index contributed by atoms with van der Waals surface area (Å²) in [5.41, 5.74) is 6.36. The summed E-state index contributed by atoms with van der Waals surface area (Å²) in [6.45, 7) is 0.557. The van der Waals surface area contributed by atoms with E-state index < -0.39 is 11.7 Å². The minimum Gasteiger partial charge on any atom is -0.491 e. The first-order chi connectivity index (χ1) is 9.93. The number of hydrogen-bond acceptors (Lipinski definition) is 4. The number of nitrogens with two attached hydrogens (primary N) is 1. The Balaban J connectivity index is 1.82. The molecule has 0 amide bonds. The lowest BCUT2D eigenvalue weighted by atomic mass is 10.1. The van der Waals surface area contributed by atoms with Crippen LogP contribution in [0.2, 0.25) is 0 Å². The third-order valence-electron chi connectivity index (χ3n) is 3.07. The molecule has 0 spiro atoms. The molecule has 2 heterocycles. The van der Waals surface area contributed by atoms with Crippen molar-refractivity contribution in [3.05, 3.63) is 41.6 Å². The Hall–Kier alpha value is -2.44. The summed E-state index contributed by atoms with van der Waals surface area (Å²) in [6, 6.07) is 5.40. The third-order valence-corrected chi connectivity index (χ3v) is 3.07. The molecule has 4 nitrogen and oxygen atoms in total. The molecule has 0 atom stereocenters. The quantitative estimate of drug-likeness (QED) is 0.863. The highest BCUT2D eigenvalue weighted by atomic mass is 19.4. The van der Waals surface area contributed by atoms with Crippen molar-refractivity contribution in [1.29, 1.82) is 0 Å². The lowest BCUT2D eigenvalue weighted by Gasteiger charge is -2.10. The average Bonchev–Trinajstić information content (AvgIpc) is 2.87. The summed E-state index contributed by atoms with van der Waals surface area (Å²) in [5.74, 6) is 1.13. The molecule has 0 radical (unpaired) electrons. The zero-order valence-electron chi connectivity index (χ0n) is 10.8. The Morgan fingerprint density at radius 3 is 2.71 bits per heavy atom. The molecule has 0 aliphatic carbocycles. The zero-order valence-corrected chi connectivity index (χ0v) is 10.8. The van der Waals surface area contributed by atoms with Crippen LogP contribution in [0, 0.1) is 0 Å². The van der Waals surface area contributed by atoms with Crippen LogP contribution < -0.4 is 15.2 Å². The van der Waals surface area contributed by atoms with Crippen molar-refractivity contribution in [2.45, 2.75) is 12.6 Å². The molecule has 21 heavy (non-hydrogen) atoms. The minimum absolute atomic E-state index is 0.0706. The van der Waals surface area contributed by atoms with Gasteiger partial charge in [0.1, 0.15) is 11.5 Å². The summed E-state index contributed by atoms with van der Waals surface area (Å²) in [6.07, 6.45) is -2.97. The number of halogens is 3. The van der Waals surface area contributed by atoms with Crippen LogP contribution in [0.1, 0.15) is 11.1 Å². The Morgan fingerprint density at radius 2 is 2.05 bits per heavy atom. The summed E-state index contributed by atoms with van der Waals surface area (Å²) in [4.78, 5) is 3.65. The van der Waals surface area contributed by atoms with Crippen LogP contribution in [0.25, 0.3) is 0 Å². The number of ether oxygens (including phenoxy) is 2. The molecule has 1 aliphatic heterocycles. The normalized spacial score (nSPS) is 13.7. The number of anilines is 1. The zero-order chi connectivity index (χ0) is 15.0. The molecule has 0 saturated heterocycles. The summed E-state index contributed by atoms with van der Waals surface area (Å²) in [5, 5.41) is 0. The van der Waals surface area contributed by atoms with Gasteiger partial charge in [-0.05, 0) is 12.1 Å². The molecular weight excluding hydrogens is 285 g/mol. The van der Waals surface area contributed by atoms with Gasteiger partial charge in [0.05, 0.1) is 17.9 Å². The number of benzene rings is 1. The van der Waals surface area contributed by atoms with Gasteiger partial charge in [0.25, 0.3) is 0 Å². The number of aromatic nitrogens is 1. The van der Waals surface area contributed by atoms with Crippen LogP contribution in [-0.2, 0) is 12.6 Å². The van der Waals surface area contributed by atoms with Crippen molar-refractivity contribution in [3.63, 3.8) is 0 Å². The molecular formula is C14H11F3N2O2. The van der Waals surface area contributed by atoms with E-state index in [0.717, 1.165) is 24.2 Å². The van der Waals surface area contributed by atoms with Gasteiger partial charge in [0.15, 0.2) is 0 Å². The number of rotatable bonds is 2. The van der Waals surface area contributed by atoms with E-state index in [-0.39, 0.29) is 5.88 Å². The highest BCUT2D eigenvalue weighted by Crippen LogP contribution is 2.37. The fourth-order valence-corrected chi connectivity index (χ4v) is 2.10. The highest BCUT2D eigenvalue weighted by molar-refractivity contribution is 5.62. The third kappa shape index (κ3) is 2.72. The average molecular weight is 296 g/mol. The van der Waals surface area contributed by atoms with E-state index in [1.54, 1.807) is 12.1 Å². The maximum absolute atomic E-state index is 12.4. The van der Waals surface area contributed by atoms with Crippen LogP contribution in [0.5, 0.6) is 17.4 Å². The maximum atomic E-state index is 12.4. The second-order valence-electron chi connectivity index (χ2n) is 4.58. The second kappa shape index (κ2) is 4.83. The van der Waals surface area contributed by atoms with Gasteiger partial charge in [0, 0.05) is 30.3 Å². The van der Waals surface area contributed by atoms with Crippen molar-refractivity contribution >= 4 is 5.69 Å². The number of nitrogens with zero attached hydrogens (tertiary/aromatic N) is 1. The molecule has 1 aliphatic rings. The second-order valence-corrected chi connectivity index (χ2v) is 4.58. The predicted octanol–water partition coefficient (Wildman–Crippen LogP) is 3.41. The molecule has 0 unspecified atom stereocenters. The molecule has 7 heteroatoms. The Labute approximate surface area is 118 Å². The first-order valence-electron chi connectivity index (χ1n) is 6.20. The predicted molar refractivity (Wildman–Crippen MR) is 69.4 cm³/mol. The smallest absolute Gasteiger partial charge is 0.417 e. The number of pyridine rings is 1. The monoisotopic (exact) mass is 296 g/mol. The molecule has 1 aromatic carbocycles. The fraction of sp³-hybridized carbons (Fsp3) is 0.214. The molecule has 0 fully saturated rings. The molecule has 0 saturated carbocycles. The van der Waals surface area contributed by atoms with E-state index in [1.165, 1.54) is 6.07 Å². The van der Waals surface area contributed by atoms with Crippen LogP contribution in [0.3, 0.4) is 0 Å². The van der Waals surface area contributed by atoms with Crippen LogP contribution >= 0.6 is 0 Å². The SMILES string of the molecule is Nc1cc(Oc2ccc(C(F)(F)F)cn2)cc2c1OCC2. The van der Waals surface area contributed by atoms with Gasteiger partial charge in [-0.25, -0.2) is 4.98 Å². The van der Waals surface area contributed by atoms with Gasteiger partial charge in [-0.15, -0.1) is 0 Å². The summed E-state index contributed by atoms with van der Waals surface area (Å²) in [7, 11) is 0. The van der Waals surface area contributed by atoms with E-state index in [1.807, 2.05) is 0 Å². The Morgan fingerprint density at radius 1 is 1.24 bits per heavy atom. The molecule has 0 bridgehead atoms. The van der Waals surface area contributed by atoms with Gasteiger partial charge in [-0.3, -0.25) is 0 Å². The number of nitrogen functional groups attached to an aromatic ring is 1. The van der Waals surface area contributed by atoms with Crippen molar-refractivity contribution in [2.75, 3.05) is 12.3 Å². The lowest BCUT2D eigenvalue weighted by Crippen LogP contribution is -2.05. The van der Waals surface area contributed by atoms with E-state index >= 15 is 0 Å². The van der Waals surface area contributed by atoms with Gasteiger partial charge < -0.3 is 15.2 Å². The first kappa shape index (κ1) is 13.5. The first-order valence-corrected chi connectivity index (χ1v) is 6.20. The van der Waals surface area contributed by atoms with Gasteiger partial charge in [0.2, 0.25) is 5.88 Å². The van der Waals surface area contributed by atoms with E-state index in [4.69, 9.17) is 15.2 Å². The molecule has 110 valence electrons. The van der Waals surface area contributed by atoms with Crippen LogP contribution in [-0.4, -0.2) is 11.6 Å². The lowest BCUT2D eigenvalue weighted by molar-refractivity contribution is -0.137. The summed E-state index contributed by atoms with van der Waals surface area (Å²) >= 11 is 0. The standard InChI is InChI=1S/C14H11F3N2O2/c15-14(16,17)9-1-2-12(19-7-9)21-10-5-8-3-4-20-13(8)11(18)6-10/h1-2,5-7H,3-4,18H2. The number of alkyl halides is 3. The van der Waals surface area contributed by atoms with Gasteiger partial charge >= 0.3 is 6.18 Å². The summed E-state index contributed by atoms with van der Waals surface area (Å²) < 4.78 is 48.1. The van der Waals surface area contributed by atoms with Crippen LogP contribution in [0.4, 0.5) is 18.9 Å². The molecule has 1 aromatic heterocycles. The fourth-order valence-electron chi connectivity index (χ4n) is 2.10.